The van der Waals surface area contributed by atoms with Crippen molar-refractivity contribution in [3.63, 3.8) is 0 Å². The Morgan fingerprint density at radius 3 is 2.72 bits per heavy atom. The van der Waals surface area contributed by atoms with Gasteiger partial charge in [-0.3, -0.25) is 14.5 Å². The van der Waals surface area contributed by atoms with Gasteiger partial charge in [-0.15, -0.1) is 0 Å². The van der Waals surface area contributed by atoms with Crippen LogP contribution in [0, 0.1) is 4.77 Å². The largest absolute Gasteiger partial charge is 0.337 e. The molecule has 1 aromatic rings. The van der Waals surface area contributed by atoms with Gasteiger partial charge in [0.05, 0.1) is 0 Å². The molecule has 1 aliphatic rings. The highest BCUT2D eigenvalue weighted by atomic mass is 32.1. The lowest BCUT2D eigenvalue weighted by molar-refractivity contribution is -0.149. The van der Waals surface area contributed by atoms with Crippen LogP contribution in [0.15, 0.2) is 6.20 Å². The molecule has 18 heavy (non-hydrogen) atoms. The molecule has 2 heterocycles. The van der Waals surface area contributed by atoms with Crippen LogP contribution in [0.4, 0.5) is 0 Å². The molecular weight excluding hydrogens is 250 g/mol. The van der Waals surface area contributed by atoms with Crippen molar-refractivity contribution in [2.75, 3.05) is 7.05 Å². The van der Waals surface area contributed by atoms with E-state index >= 15 is 0 Å². The topological polar surface area (TPSA) is 58.1 Å². The Morgan fingerprint density at radius 1 is 1.44 bits per heavy atom. The second-order valence-electron chi connectivity index (χ2n) is 4.89. The fourth-order valence-electron chi connectivity index (χ4n) is 2.30. The van der Waals surface area contributed by atoms with Gasteiger partial charge in [-0.2, -0.15) is 0 Å². The van der Waals surface area contributed by atoms with Gasteiger partial charge in [-0.25, -0.2) is 0 Å². The zero-order valence-electron chi connectivity index (χ0n) is 10.8. The van der Waals surface area contributed by atoms with Crippen LogP contribution in [0.25, 0.3) is 0 Å². The van der Waals surface area contributed by atoms with Crippen molar-refractivity contribution in [2.45, 2.75) is 38.6 Å². The van der Waals surface area contributed by atoms with Crippen molar-refractivity contribution in [3.05, 3.63) is 16.7 Å². The minimum Gasteiger partial charge on any atom is -0.337 e. The number of carbonyl (C=O) groups excluding carboxylic acids is 2. The van der Waals surface area contributed by atoms with Gasteiger partial charge in [0.2, 0.25) is 5.91 Å². The lowest BCUT2D eigenvalue weighted by Gasteiger charge is -2.30. The first-order chi connectivity index (χ1) is 8.43. The average Bonchev–Trinajstić information content (AvgIpc) is 2.69. The predicted octanol–water partition coefficient (Wildman–Crippen LogP) is 1.99. The standard InChI is InChI=1S/C12H17N3O2S/c1-7(2)9-6-13-12(18)15(9)8-4-5-10(16)14(3)11(8)17/h6-8H,4-5H2,1-3H3,(H,13,18). The van der Waals surface area contributed by atoms with E-state index < -0.39 is 0 Å². The number of piperidine rings is 1. The quantitative estimate of drug-likeness (QED) is 0.658. The number of rotatable bonds is 2. The van der Waals surface area contributed by atoms with E-state index in [9.17, 15) is 9.59 Å². The van der Waals surface area contributed by atoms with E-state index in [1.54, 1.807) is 0 Å². The van der Waals surface area contributed by atoms with Crippen LogP contribution < -0.4 is 0 Å². The van der Waals surface area contributed by atoms with Crippen LogP contribution >= 0.6 is 12.2 Å². The number of hydrogen-bond donors (Lipinski definition) is 1. The Hall–Kier alpha value is -1.43. The number of aromatic nitrogens is 2. The predicted molar refractivity (Wildman–Crippen MR) is 69.8 cm³/mol. The first-order valence-corrected chi connectivity index (χ1v) is 6.44. The number of likely N-dealkylation sites (tertiary alicyclic amines) is 1. The molecule has 0 bridgehead atoms. The number of likely N-dealkylation sites (N-methyl/N-ethyl adjacent to an activating group) is 1. The number of nitrogens with one attached hydrogen (secondary N) is 1. The molecule has 1 aliphatic heterocycles. The van der Waals surface area contributed by atoms with Gasteiger partial charge in [-0.1, -0.05) is 13.8 Å². The van der Waals surface area contributed by atoms with Gasteiger partial charge in [0.1, 0.15) is 6.04 Å². The Kier molecular flexibility index (Phi) is 3.38. The molecule has 1 unspecified atom stereocenters. The summed E-state index contributed by atoms with van der Waals surface area (Å²) in [5.74, 6) is -0.0260. The van der Waals surface area contributed by atoms with Crippen LogP contribution in [-0.2, 0) is 9.59 Å². The number of carbonyl (C=O) groups is 2. The smallest absolute Gasteiger partial charge is 0.252 e. The normalized spacial score (nSPS) is 20.9. The molecule has 2 rings (SSSR count). The summed E-state index contributed by atoms with van der Waals surface area (Å²) in [5, 5.41) is 0. The Bertz CT molecular complexity index is 544. The van der Waals surface area contributed by atoms with Crippen LogP contribution in [0.3, 0.4) is 0 Å². The third-order valence-corrected chi connectivity index (χ3v) is 3.68. The lowest BCUT2D eigenvalue weighted by Crippen LogP contribution is -2.43. The van der Waals surface area contributed by atoms with Crippen LogP contribution in [0.2, 0.25) is 0 Å². The summed E-state index contributed by atoms with van der Waals surface area (Å²) in [5.41, 5.74) is 1.00. The summed E-state index contributed by atoms with van der Waals surface area (Å²) < 4.78 is 2.39. The summed E-state index contributed by atoms with van der Waals surface area (Å²) in [7, 11) is 1.53. The summed E-state index contributed by atoms with van der Waals surface area (Å²) in [6.07, 6.45) is 2.75. The SMILES string of the molecule is CC(C)c1c[nH]c(=S)n1C1CCC(=O)N(C)C1=O. The summed E-state index contributed by atoms with van der Waals surface area (Å²) in [6, 6.07) is -0.358. The Morgan fingerprint density at radius 2 is 2.11 bits per heavy atom. The first-order valence-electron chi connectivity index (χ1n) is 6.03. The number of imidazole rings is 1. The molecule has 0 spiro atoms. The number of nitrogens with zero attached hydrogens (tertiary/aromatic N) is 2. The molecule has 98 valence electrons. The van der Waals surface area contributed by atoms with E-state index in [0.717, 1.165) is 5.69 Å². The number of aromatic amines is 1. The Balaban J connectivity index is 2.43. The highest BCUT2D eigenvalue weighted by Crippen LogP contribution is 2.27. The third-order valence-electron chi connectivity index (χ3n) is 3.37. The zero-order chi connectivity index (χ0) is 13.4. The van der Waals surface area contributed by atoms with E-state index in [0.29, 0.717) is 17.6 Å². The van der Waals surface area contributed by atoms with E-state index in [-0.39, 0.29) is 23.8 Å². The van der Waals surface area contributed by atoms with E-state index in [1.807, 2.05) is 10.8 Å². The molecule has 1 atom stereocenters. The van der Waals surface area contributed by atoms with Gasteiger partial charge in [0.15, 0.2) is 4.77 Å². The molecular formula is C12H17N3O2S. The Labute approximate surface area is 111 Å². The van der Waals surface area contributed by atoms with Crippen molar-refractivity contribution in [1.29, 1.82) is 0 Å². The number of imide groups is 1. The molecule has 5 nitrogen and oxygen atoms in total. The van der Waals surface area contributed by atoms with Gasteiger partial charge >= 0.3 is 0 Å². The summed E-state index contributed by atoms with van der Waals surface area (Å²) >= 11 is 5.25. The van der Waals surface area contributed by atoms with Crippen molar-refractivity contribution >= 4 is 24.0 Å². The number of amides is 2. The van der Waals surface area contributed by atoms with Gasteiger partial charge in [0.25, 0.3) is 5.91 Å². The number of hydrogen-bond acceptors (Lipinski definition) is 3. The maximum atomic E-state index is 12.2. The second kappa shape index (κ2) is 4.68. The molecule has 0 aromatic carbocycles. The molecule has 1 fully saturated rings. The fourth-order valence-corrected chi connectivity index (χ4v) is 2.59. The van der Waals surface area contributed by atoms with Gasteiger partial charge in [-0.05, 0) is 24.6 Å². The van der Waals surface area contributed by atoms with Crippen LogP contribution in [0.5, 0.6) is 0 Å². The lowest BCUT2D eigenvalue weighted by atomic mass is 10.0. The minimum atomic E-state index is -0.358. The summed E-state index contributed by atoms with van der Waals surface area (Å²) in [4.78, 5) is 27.9. The van der Waals surface area contributed by atoms with Crippen LogP contribution in [-0.4, -0.2) is 33.3 Å². The third kappa shape index (κ3) is 2.01. The van der Waals surface area contributed by atoms with Gasteiger partial charge < -0.3 is 9.55 Å². The second-order valence-corrected chi connectivity index (χ2v) is 5.28. The van der Waals surface area contributed by atoms with Gasteiger partial charge in [0, 0.05) is 25.4 Å². The maximum Gasteiger partial charge on any atom is 0.252 e. The first kappa shape index (κ1) is 13.0. The highest BCUT2D eigenvalue weighted by molar-refractivity contribution is 7.71. The average molecular weight is 267 g/mol. The van der Waals surface area contributed by atoms with E-state index in [1.165, 1.54) is 11.9 Å². The molecule has 0 radical (unpaired) electrons. The minimum absolute atomic E-state index is 0.121. The van der Waals surface area contributed by atoms with Crippen molar-refractivity contribution in [2.24, 2.45) is 0 Å². The molecule has 2 amide bonds. The zero-order valence-corrected chi connectivity index (χ0v) is 11.6. The van der Waals surface area contributed by atoms with Crippen LogP contribution in [0.1, 0.15) is 44.3 Å². The molecule has 1 N–H and O–H groups in total. The molecule has 1 saturated heterocycles. The molecule has 0 saturated carbocycles. The fraction of sp³-hybridized carbons (Fsp3) is 0.583. The monoisotopic (exact) mass is 267 g/mol. The maximum absolute atomic E-state index is 12.2. The summed E-state index contributed by atoms with van der Waals surface area (Å²) in [6.45, 7) is 4.10. The van der Waals surface area contributed by atoms with Crippen molar-refractivity contribution < 1.29 is 9.59 Å². The van der Waals surface area contributed by atoms with E-state index in [4.69, 9.17) is 12.2 Å². The van der Waals surface area contributed by atoms with Crippen molar-refractivity contribution in [3.8, 4) is 0 Å². The van der Waals surface area contributed by atoms with Crippen molar-refractivity contribution in [1.82, 2.24) is 14.5 Å². The molecule has 1 aromatic heterocycles. The highest BCUT2D eigenvalue weighted by Gasteiger charge is 2.34. The van der Waals surface area contributed by atoms with E-state index in [2.05, 4.69) is 18.8 Å². The number of H-pyrrole nitrogens is 1. The molecule has 0 aliphatic carbocycles. The molecule has 6 heteroatoms.